The third-order valence-electron chi connectivity index (χ3n) is 2.39. The lowest BCUT2D eigenvalue weighted by molar-refractivity contribution is -0.145. The van der Waals surface area contributed by atoms with Crippen LogP contribution in [0.1, 0.15) is 13.8 Å². The van der Waals surface area contributed by atoms with Gasteiger partial charge in [-0.2, -0.15) is 0 Å². The second-order valence-corrected chi connectivity index (χ2v) is 4.01. The molecule has 5 heteroatoms. The number of aromatic nitrogens is 1. The molecule has 1 rings (SSSR count). The predicted molar refractivity (Wildman–Crippen MR) is 63.4 cm³/mol. The van der Waals surface area contributed by atoms with Gasteiger partial charge in [0.05, 0.1) is 0 Å². The van der Waals surface area contributed by atoms with E-state index in [1.54, 1.807) is 6.07 Å². The van der Waals surface area contributed by atoms with Crippen LogP contribution in [0.15, 0.2) is 35.8 Å². The summed E-state index contributed by atoms with van der Waals surface area (Å²) in [5.74, 6) is -0.970. The first kappa shape index (κ1) is 13.0. The molecule has 0 saturated heterocycles. The zero-order valence-corrected chi connectivity index (χ0v) is 9.84. The molecular weight excluding hydrogens is 222 g/mol. The molecule has 0 saturated carbocycles. The van der Waals surface area contributed by atoms with E-state index in [0.717, 1.165) is 4.57 Å². The third-order valence-corrected chi connectivity index (χ3v) is 2.39. The first-order chi connectivity index (χ1) is 7.91. The van der Waals surface area contributed by atoms with Gasteiger partial charge in [0, 0.05) is 6.20 Å². The molecule has 17 heavy (non-hydrogen) atoms. The molecule has 0 aliphatic rings. The zero-order valence-electron chi connectivity index (χ0n) is 9.84. The van der Waals surface area contributed by atoms with Crippen LogP contribution in [-0.4, -0.2) is 22.2 Å². The van der Waals surface area contributed by atoms with Crippen molar-refractivity contribution < 1.29 is 14.6 Å². The highest BCUT2D eigenvalue weighted by Gasteiger charge is 2.30. The van der Waals surface area contributed by atoms with Crippen LogP contribution in [0, 0.1) is 0 Å². The lowest BCUT2D eigenvalue weighted by atomic mass is 10.1. The highest BCUT2D eigenvalue weighted by molar-refractivity contribution is 5.75. The molecule has 0 atom stereocenters. The fourth-order valence-electron chi connectivity index (χ4n) is 1.28. The molecule has 0 fully saturated rings. The first-order valence-electron chi connectivity index (χ1n) is 5.10. The monoisotopic (exact) mass is 237 g/mol. The molecule has 1 N–H and O–H groups in total. The number of carboxylic acids is 1. The first-order valence-corrected chi connectivity index (χ1v) is 5.10. The van der Waals surface area contributed by atoms with Crippen molar-refractivity contribution in [2.24, 2.45) is 0 Å². The van der Waals surface area contributed by atoms with E-state index in [4.69, 9.17) is 9.84 Å². The van der Waals surface area contributed by atoms with Gasteiger partial charge < -0.3 is 9.84 Å². The molecule has 0 aliphatic carbocycles. The maximum Gasteiger partial charge on any atom is 0.329 e. The summed E-state index contributed by atoms with van der Waals surface area (Å²) in [5, 5.41) is 9.07. The molecule has 0 bridgehead atoms. The number of hydrogen-bond acceptors (Lipinski definition) is 3. The van der Waals surface area contributed by atoms with Crippen molar-refractivity contribution >= 4 is 5.97 Å². The van der Waals surface area contributed by atoms with Gasteiger partial charge in [-0.05, 0) is 26.0 Å². The minimum absolute atomic E-state index is 0.113. The topological polar surface area (TPSA) is 68.5 Å². The Morgan fingerprint density at radius 2 is 2.29 bits per heavy atom. The molecule has 1 aromatic heterocycles. The van der Waals surface area contributed by atoms with Crippen LogP contribution in [0.3, 0.4) is 0 Å². The number of nitrogens with zero attached hydrogens (tertiary/aromatic N) is 1. The van der Waals surface area contributed by atoms with E-state index in [-0.39, 0.29) is 12.4 Å². The Labute approximate surface area is 99.0 Å². The fraction of sp³-hybridized carbons (Fsp3) is 0.333. The summed E-state index contributed by atoms with van der Waals surface area (Å²) in [7, 11) is 0. The molecule has 0 amide bonds. The Bertz CT molecular complexity index is 488. The molecule has 5 nitrogen and oxygen atoms in total. The van der Waals surface area contributed by atoms with Crippen LogP contribution in [0.4, 0.5) is 0 Å². The number of aliphatic carboxylic acids is 1. The minimum atomic E-state index is -1.31. The van der Waals surface area contributed by atoms with E-state index in [1.807, 2.05) is 0 Å². The maximum atomic E-state index is 12.0. The predicted octanol–water partition coefficient (Wildman–Crippen LogP) is 1.23. The van der Waals surface area contributed by atoms with Gasteiger partial charge in [-0.1, -0.05) is 12.7 Å². The molecule has 1 heterocycles. The Kier molecular flexibility index (Phi) is 3.73. The smallest absolute Gasteiger partial charge is 0.329 e. The van der Waals surface area contributed by atoms with Crippen molar-refractivity contribution in [2.75, 3.05) is 6.61 Å². The molecule has 0 radical (unpaired) electrons. The Morgan fingerprint density at radius 1 is 1.65 bits per heavy atom. The normalized spacial score (nSPS) is 10.9. The number of hydrogen-bond donors (Lipinski definition) is 1. The van der Waals surface area contributed by atoms with Gasteiger partial charge in [0.25, 0.3) is 5.56 Å². The van der Waals surface area contributed by atoms with E-state index in [1.165, 1.54) is 32.2 Å². The van der Waals surface area contributed by atoms with Gasteiger partial charge >= 0.3 is 5.97 Å². The standard InChI is InChI=1S/C12H15NO4/c1-4-8-17-9-6-5-7-13(10(9)14)12(2,3)11(15)16/h4-7H,1,8H2,2-3H3,(H,15,16). The van der Waals surface area contributed by atoms with E-state index in [0.29, 0.717) is 0 Å². The summed E-state index contributed by atoms with van der Waals surface area (Å²) in [5.41, 5.74) is -1.79. The van der Waals surface area contributed by atoms with Crippen molar-refractivity contribution in [1.29, 1.82) is 0 Å². The zero-order chi connectivity index (χ0) is 13.1. The maximum absolute atomic E-state index is 12.0. The Hall–Kier alpha value is -2.04. The van der Waals surface area contributed by atoms with Gasteiger partial charge in [-0.3, -0.25) is 9.36 Å². The summed E-state index contributed by atoms with van der Waals surface area (Å²) in [6, 6.07) is 3.07. The number of ether oxygens (including phenoxy) is 1. The minimum Gasteiger partial charge on any atom is -0.484 e. The van der Waals surface area contributed by atoms with E-state index >= 15 is 0 Å². The molecular formula is C12H15NO4. The SMILES string of the molecule is C=CCOc1cccn(C(C)(C)C(=O)O)c1=O. The number of pyridine rings is 1. The van der Waals surface area contributed by atoms with Gasteiger partial charge in [0.2, 0.25) is 0 Å². The van der Waals surface area contributed by atoms with E-state index in [2.05, 4.69) is 6.58 Å². The highest BCUT2D eigenvalue weighted by atomic mass is 16.5. The molecule has 1 aromatic rings. The summed E-state index contributed by atoms with van der Waals surface area (Å²) >= 11 is 0. The fourth-order valence-corrected chi connectivity index (χ4v) is 1.28. The van der Waals surface area contributed by atoms with Gasteiger partial charge in [-0.15, -0.1) is 0 Å². The molecule has 0 aromatic carbocycles. The van der Waals surface area contributed by atoms with E-state index in [9.17, 15) is 9.59 Å². The Balaban J connectivity index is 3.23. The second-order valence-electron chi connectivity index (χ2n) is 4.01. The summed E-state index contributed by atoms with van der Waals surface area (Å²) < 4.78 is 6.29. The summed E-state index contributed by atoms with van der Waals surface area (Å²) in [4.78, 5) is 23.0. The van der Waals surface area contributed by atoms with Crippen LogP contribution in [0.2, 0.25) is 0 Å². The number of carboxylic acid groups (broad SMARTS) is 1. The van der Waals surface area contributed by atoms with Crippen LogP contribution in [0.5, 0.6) is 5.75 Å². The lowest BCUT2D eigenvalue weighted by Crippen LogP contribution is -2.42. The molecule has 0 aliphatic heterocycles. The lowest BCUT2D eigenvalue weighted by Gasteiger charge is -2.22. The Morgan fingerprint density at radius 3 is 2.82 bits per heavy atom. The quantitative estimate of drug-likeness (QED) is 0.782. The summed E-state index contributed by atoms with van der Waals surface area (Å²) in [6.07, 6.45) is 2.94. The molecule has 92 valence electrons. The van der Waals surface area contributed by atoms with Crippen molar-refractivity contribution in [3.63, 3.8) is 0 Å². The van der Waals surface area contributed by atoms with Crippen LogP contribution >= 0.6 is 0 Å². The van der Waals surface area contributed by atoms with Crippen LogP contribution in [0.25, 0.3) is 0 Å². The van der Waals surface area contributed by atoms with Crippen molar-refractivity contribution in [1.82, 2.24) is 4.57 Å². The average Bonchev–Trinajstić information content (AvgIpc) is 2.27. The van der Waals surface area contributed by atoms with Crippen LogP contribution < -0.4 is 10.3 Å². The largest absolute Gasteiger partial charge is 0.484 e. The molecule has 0 spiro atoms. The van der Waals surface area contributed by atoms with Gasteiger partial charge in [0.15, 0.2) is 5.75 Å². The number of carbonyl (C=O) groups is 1. The number of rotatable bonds is 5. The van der Waals surface area contributed by atoms with E-state index < -0.39 is 17.1 Å². The van der Waals surface area contributed by atoms with Crippen LogP contribution in [-0.2, 0) is 10.3 Å². The summed E-state index contributed by atoms with van der Waals surface area (Å²) in [6.45, 7) is 6.58. The van der Waals surface area contributed by atoms with Crippen molar-refractivity contribution in [2.45, 2.75) is 19.4 Å². The van der Waals surface area contributed by atoms with Crippen molar-refractivity contribution in [3.8, 4) is 5.75 Å². The second kappa shape index (κ2) is 4.86. The third kappa shape index (κ3) is 2.55. The molecule has 0 unspecified atom stereocenters. The van der Waals surface area contributed by atoms with Gasteiger partial charge in [-0.25, -0.2) is 4.79 Å². The average molecular weight is 237 g/mol. The highest BCUT2D eigenvalue weighted by Crippen LogP contribution is 2.14. The van der Waals surface area contributed by atoms with Gasteiger partial charge in [0.1, 0.15) is 12.1 Å². The van der Waals surface area contributed by atoms with Crippen molar-refractivity contribution in [3.05, 3.63) is 41.3 Å².